The first-order valence-corrected chi connectivity index (χ1v) is 21.3. The van der Waals surface area contributed by atoms with Crippen molar-refractivity contribution in [3.63, 3.8) is 0 Å². The van der Waals surface area contributed by atoms with E-state index in [1.165, 1.54) is 58.6 Å². The zero-order valence-corrected chi connectivity index (χ0v) is 43.2. The number of carbonyl (C=O) groups excluding carboxylic acids is 1. The summed E-state index contributed by atoms with van der Waals surface area (Å²) in [6, 6.07) is 6.27. The van der Waals surface area contributed by atoms with Gasteiger partial charge in [-0.05, 0) is 19.1 Å². The molecule has 0 radical (unpaired) electrons. The van der Waals surface area contributed by atoms with E-state index in [2.05, 4.69) is 64.1 Å². The Morgan fingerprint density at radius 3 is 1.19 bits per heavy atom. The number of anilines is 5. The summed E-state index contributed by atoms with van der Waals surface area (Å²) in [5.74, 6) is -2.02. The van der Waals surface area contributed by atoms with Crippen molar-refractivity contribution < 1.29 is 44.0 Å². The Bertz CT molecular complexity index is 2880. The minimum atomic E-state index is -1.30. The molecule has 392 valence electrons. The van der Waals surface area contributed by atoms with Crippen LogP contribution in [0.25, 0.3) is 6.08 Å². The number of nitrogens with one attached hydrogen (secondary N) is 4. The van der Waals surface area contributed by atoms with Crippen LogP contribution in [0.4, 0.5) is 56.9 Å². The molecule has 0 amide bonds. The number of esters is 1. The van der Waals surface area contributed by atoms with Crippen LogP contribution < -0.4 is 27.0 Å². The fraction of sp³-hybridized carbons (Fsp3) is 0.162. The molecule has 5 aromatic heterocycles. The van der Waals surface area contributed by atoms with Gasteiger partial charge in [0.1, 0.15) is 38.7 Å². The molecule has 0 unspecified atom stereocenters. The average Bonchev–Trinajstić information content (AvgIpc) is 3.29. The number of ether oxygens (including phenoxy) is 1. The van der Waals surface area contributed by atoms with Gasteiger partial charge in [-0.25, -0.2) is 34.5 Å². The minimum absolute atomic E-state index is 0.0115. The minimum Gasteiger partial charge on any atom is -0.477 e. The third kappa shape index (κ3) is 19.7. The number of pyridine rings is 5. The summed E-state index contributed by atoms with van der Waals surface area (Å²) in [6.45, 7) is 8.75. The number of nitro groups is 5. The van der Waals surface area contributed by atoms with Crippen LogP contribution in [0.5, 0.6) is 0 Å². The molecule has 0 spiro atoms. The molecule has 5 heterocycles. The smallest absolute Gasteiger partial charge is 0.356 e. The highest BCUT2D eigenvalue weighted by atomic mass is 35.5. The lowest BCUT2D eigenvalue weighted by atomic mass is 10.3. The monoisotopic (exact) mass is 1160 g/mol. The van der Waals surface area contributed by atoms with E-state index in [4.69, 9.17) is 92.0 Å². The fourth-order valence-electron chi connectivity index (χ4n) is 4.57. The van der Waals surface area contributed by atoms with Crippen molar-refractivity contribution in [3.05, 3.63) is 153 Å². The summed E-state index contributed by atoms with van der Waals surface area (Å²) in [5.41, 5.74) is 4.18. The first kappa shape index (κ1) is 65.2. The molecular formula is C37H36Cl7N15O14. The Balaban J connectivity index is 0.000000877. The summed E-state index contributed by atoms with van der Waals surface area (Å²) < 4.78 is 4.43. The third-order valence-corrected chi connectivity index (χ3v) is 9.26. The summed E-state index contributed by atoms with van der Waals surface area (Å²) in [5, 5.41) is 70.3. The van der Waals surface area contributed by atoms with Gasteiger partial charge >= 0.3 is 40.4 Å². The van der Waals surface area contributed by atoms with Gasteiger partial charge in [-0.2, -0.15) is 0 Å². The molecule has 0 aliphatic heterocycles. The zero-order valence-electron chi connectivity index (χ0n) is 37.9. The number of methoxy groups -OCH3 is 1. The van der Waals surface area contributed by atoms with Crippen molar-refractivity contribution in [2.24, 2.45) is 0 Å². The summed E-state index contributed by atoms with van der Waals surface area (Å²) in [7, 11) is 7.18. The zero-order chi connectivity index (χ0) is 56.6. The van der Waals surface area contributed by atoms with E-state index in [1.54, 1.807) is 13.1 Å². The van der Waals surface area contributed by atoms with Crippen molar-refractivity contribution in [2.75, 3.05) is 62.3 Å². The van der Waals surface area contributed by atoms with E-state index in [-0.39, 0.29) is 82.1 Å². The second-order valence-electron chi connectivity index (χ2n) is 12.1. The highest BCUT2D eigenvalue weighted by Crippen LogP contribution is 2.35. The maximum absolute atomic E-state index is 11.2. The number of nitrogens with two attached hydrogens (primary N) is 1. The Labute approximate surface area is 445 Å². The van der Waals surface area contributed by atoms with Gasteiger partial charge in [-0.15, -0.1) is 6.58 Å². The number of carbonyl (C=O) groups is 2. The number of aromatic nitrogens is 5. The number of rotatable bonds is 12. The number of aromatic carboxylic acids is 1. The van der Waals surface area contributed by atoms with E-state index >= 15 is 0 Å². The molecule has 0 atom stereocenters. The molecule has 0 aliphatic carbocycles. The normalized spacial score (nSPS) is 9.49. The molecule has 0 saturated carbocycles. The lowest BCUT2D eigenvalue weighted by Crippen LogP contribution is -2.07. The van der Waals surface area contributed by atoms with Gasteiger partial charge in [0.15, 0.2) is 11.4 Å². The maximum Gasteiger partial charge on any atom is 0.356 e. The van der Waals surface area contributed by atoms with Gasteiger partial charge < -0.3 is 36.8 Å². The molecule has 7 N–H and O–H groups in total. The maximum atomic E-state index is 11.2. The molecule has 36 heteroatoms. The molecule has 0 aromatic carbocycles. The van der Waals surface area contributed by atoms with Crippen LogP contribution in [0.15, 0.2) is 49.6 Å². The van der Waals surface area contributed by atoms with Gasteiger partial charge in [0.05, 0.1) is 37.4 Å². The number of nitrogen functional groups attached to an aromatic ring is 1. The Hall–Kier alpha value is -7.80. The average molecular weight is 1160 g/mol. The quantitative estimate of drug-likeness (QED) is 0.0222. The Morgan fingerprint density at radius 2 is 0.863 bits per heavy atom. The van der Waals surface area contributed by atoms with Crippen LogP contribution in [-0.4, -0.2) is 102 Å². The lowest BCUT2D eigenvalue weighted by Gasteiger charge is -2.05. The highest BCUT2D eigenvalue weighted by molar-refractivity contribution is 6.35. The topological polar surface area (TPSA) is 418 Å². The van der Waals surface area contributed by atoms with Crippen LogP contribution in [0, 0.1) is 50.6 Å². The van der Waals surface area contributed by atoms with E-state index < -0.39 is 53.1 Å². The van der Waals surface area contributed by atoms with Crippen molar-refractivity contribution in [1.82, 2.24) is 24.9 Å². The predicted molar refractivity (Wildman–Crippen MR) is 276 cm³/mol. The van der Waals surface area contributed by atoms with Crippen LogP contribution in [0.1, 0.15) is 33.6 Å². The first-order valence-electron chi connectivity index (χ1n) is 18.6. The summed E-state index contributed by atoms with van der Waals surface area (Å²) in [6.07, 6.45) is 3.22. The summed E-state index contributed by atoms with van der Waals surface area (Å²) >= 11 is 38.7. The number of hydrogen-bond donors (Lipinski definition) is 6. The molecule has 73 heavy (non-hydrogen) atoms. The Morgan fingerprint density at radius 1 is 0.562 bits per heavy atom. The predicted octanol–water partition coefficient (Wildman–Crippen LogP) is 10.6. The van der Waals surface area contributed by atoms with E-state index in [1.807, 2.05) is 6.92 Å². The Kier molecular flexibility index (Phi) is 28.2. The van der Waals surface area contributed by atoms with Crippen molar-refractivity contribution in [1.29, 1.82) is 0 Å². The van der Waals surface area contributed by atoms with Crippen molar-refractivity contribution in [2.45, 2.75) is 6.92 Å². The number of hydrogen-bond acceptors (Lipinski definition) is 23. The molecule has 0 aliphatic rings. The second kappa shape index (κ2) is 31.5. The molecule has 0 fully saturated rings. The second-order valence-corrected chi connectivity index (χ2v) is 14.7. The number of nitrogens with zero attached hydrogens (tertiary/aromatic N) is 10. The van der Waals surface area contributed by atoms with Crippen LogP contribution in [0.3, 0.4) is 0 Å². The fourth-order valence-corrected chi connectivity index (χ4v) is 6.38. The van der Waals surface area contributed by atoms with Crippen LogP contribution in [-0.2, 0) is 4.74 Å². The van der Waals surface area contributed by atoms with Crippen molar-refractivity contribution >= 4 is 156 Å². The van der Waals surface area contributed by atoms with Crippen LogP contribution >= 0.6 is 81.2 Å². The lowest BCUT2D eigenvalue weighted by molar-refractivity contribution is -0.384. The SMILES string of the molecule is C=CC.C=Cc1cc(NC)c([N+](=O)[O-])c(Cl)n1.CNc1cc(C(=O)O)nc(Cl)c1[N+](=O)[O-].CNc1cc(C(=O)OC)nc(Cl)c1[N+](=O)[O-].CNc1cc(Cl)nc(Cl)c1[N+](=O)[O-].Nc1cc(Cl)nc(Cl)c1[N+](=O)[O-]. The molecular weight excluding hydrogens is 1130 g/mol. The van der Waals surface area contributed by atoms with Crippen molar-refractivity contribution in [3.8, 4) is 0 Å². The van der Waals surface area contributed by atoms with Gasteiger partial charge in [-0.1, -0.05) is 93.9 Å². The van der Waals surface area contributed by atoms with Gasteiger partial charge in [0, 0.05) is 52.5 Å². The molecule has 5 aromatic rings. The molecule has 0 saturated heterocycles. The van der Waals surface area contributed by atoms with E-state index in [9.17, 15) is 60.2 Å². The molecule has 0 bridgehead atoms. The number of halogens is 7. The van der Waals surface area contributed by atoms with E-state index in [0.29, 0.717) is 11.4 Å². The molecule has 5 rings (SSSR count). The van der Waals surface area contributed by atoms with Crippen LogP contribution in [0.2, 0.25) is 36.1 Å². The number of carboxylic acids is 1. The summed E-state index contributed by atoms with van der Waals surface area (Å²) in [4.78, 5) is 88.9. The standard InChI is InChI=1S/C8H8ClN3O4.C8H8ClN3O2.C7H6ClN3O4.C6H5Cl2N3O2.C5H3Cl2N3O2.C3H6/c1-10-4-3-5(8(13)16-2)11-7(9)6(4)12(14)15;1-3-5-4-6(10-2)7(12(13)14)8(9)11-5;1-9-3-2-4(7(12)13)10-6(8)5(3)11(14)15;1-9-3-2-4(7)10-6(8)5(3)11(12)13;6-3-1-2(8)4(10(11)12)5(7)9-3;1-3-2/h3H,1-2H3,(H,10,11);3-4H,1H2,2H3,(H,10,11);2H,1H3,(H,9,10)(H,12,13);2H,1H3,(H,9,10);1H,(H2,8,9);3H,1H2,2H3. The van der Waals surface area contributed by atoms with Gasteiger partial charge in [0.25, 0.3) is 0 Å². The number of allylic oxidation sites excluding steroid dienone is 1. The largest absolute Gasteiger partial charge is 0.477 e. The molecule has 29 nitrogen and oxygen atoms in total. The van der Waals surface area contributed by atoms with Gasteiger partial charge in [0.2, 0.25) is 25.8 Å². The first-order chi connectivity index (χ1) is 34.1. The van der Waals surface area contributed by atoms with Gasteiger partial charge in [-0.3, -0.25) is 50.6 Å². The van der Waals surface area contributed by atoms with E-state index in [0.717, 1.165) is 6.07 Å². The number of carboxylic acid groups (broad SMARTS) is 1. The highest BCUT2D eigenvalue weighted by Gasteiger charge is 2.26. The third-order valence-electron chi connectivity index (χ3n) is 7.55.